The molecule has 5 heteroatoms. The largest absolute Gasteiger partial charge is 0.507 e. The molecule has 0 aliphatic carbocycles. The number of benzene rings is 2. The highest BCUT2D eigenvalue weighted by atomic mass is 16.5. The second-order valence-electron chi connectivity index (χ2n) is 6.62. The second-order valence-corrected chi connectivity index (χ2v) is 6.62. The normalized spacial score (nSPS) is 16.7. The number of allylic oxidation sites excluding steroid dienone is 1. The van der Waals surface area contributed by atoms with Crippen LogP contribution < -0.4 is 16.8 Å². The van der Waals surface area contributed by atoms with E-state index < -0.39 is 0 Å². The summed E-state index contributed by atoms with van der Waals surface area (Å²) in [6.07, 6.45) is 3.48. The summed E-state index contributed by atoms with van der Waals surface area (Å²) in [5.41, 5.74) is 16.5. The fourth-order valence-electron chi connectivity index (χ4n) is 3.12. The van der Waals surface area contributed by atoms with E-state index in [1.54, 1.807) is 12.1 Å². The number of rotatable bonds is 7. The van der Waals surface area contributed by atoms with E-state index in [1.807, 2.05) is 30.3 Å². The van der Waals surface area contributed by atoms with Crippen molar-refractivity contribution in [1.29, 1.82) is 0 Å². The van der Waals surface area contributed by atoms with E-state index in [1.165, 1.54) is 5.56 Å². The highest BCUT2D eigenvalue weighted by molar-refractivity contribution is 5.72. The predicted molar refractivity (Wildman–Crippen MR) is 109 cm³/mol. The van der Waals surface area contributed by atoms with Crippen molar-refractivity contribution in [1.82, 2.24) is 5.32 Å². The van der Waals surface area contributed by atoms with Crippen molar-refractivity contribution in [3.63, 3.8) is 0 Å². The highest BCUT2D eigenvalue weighted by Gasteiger charge is 2.22. The Balaban J connectivity index is 1.73. The van der Waals surface area contributed by atoms with Crippen molar-refractivity contribution >= 4 is 5.70 Å². The summed E-state index contributed by atoms with van der Waals surface area (Å²) in [6.45, 7) is 3.14. The van der Waals surface area contributed by atoms with Gasteiger partial charge in [0.25, 0.3) is 0 Å². The maximum absolute atomic E-state index is 10.2. The van der Waals surface area contributed by atoms with Gasteiger partial charge in [0.15, 0.2) is 0 Å². The first-order chi connectivity index (χ1) is 13.1. The van der Waals surface area contributed by atoms with Crippen LogP contribution in [0.2, 0.25) is 0 Å². The van der Waals surface area contributed by atoms with Crippen molar-refractivity contribution in [2.24, 2.45) is 11.5 Å². The fraction of sp³-hybridized carbons (Fsp3) is 0.273. The van der Waals surface area contributed by atoms with Gasteiger partial charge >= 0.3 is 0 Å². The summed E-state index contributed by atoms with van der Waals surface area (Å²) in [5.74, 6) is 0.892. The van der Waals surface area contributed by atoms with Crippen LogP contribution in [0.25, 0.3) is 5.70 Å². The summed E-state index contributed by atoms with van der Waals surface area (Å²) in [4.78, 5) is 0. The van der Waals surface area contributed by atoms with Gasteiger partial charge in [0, 0.05) is 30.3 Å². The van der Waals surface area contributed by atoms with Crippen LogP contribution in [-0.2, 0) is 17.7 Å². The summed E-state index contributed by atoms with van der Waals surface area (Å²) in [7, 11) is 0. The molecule has 0 radical (unpaired) electrons. The molecule has 0 saturated carbocycles. The average Bonchev–Trinajstić information content (AvgIpc) is 2.70. The first-order valence-electron chi connectivity index (χ1n) is 9.29. The molecule has 0 amide bonds. The molecule has 142 valence electrons. The Morgan fingerprint density at radius 3 is 2.44 bits per heavy atom. The molecule has 1 aliphatic heterocycles. The van der Waals surface area contributed by atoms with E-state index in [2.05, 4.69) is 24.4 Å². The summed E-state index contributed by atoms with van der Waals surface area (Å²) in [6, 6.07) is 15.4. The number of hydrogen-bond acceptors (Lipinski definition) is 5. The van der Waals surface area contributed by atoms with Gasteiger partial charge in [0.05, 0.1) is 18.3 Å². The van der Waals surface area contributed by atoms with Crippen molar-refractivity contribution in [3.8, 4) is 5.75 Å². The van der Waals surface area contributed by atoms with E-state index in [4.69, 9.17) is 16.2 Å². The third kappa shape index (κ3) is 4.44. The number of hydrogen-bond donors (Lipinski definition) is 4. The molecule has 1 atom stereocenters. The van der Waals surface area contributed by atoms with E-state index in [0.717, 1.165) is 29.7 Å². The zero-order valence-electron chi connectivity index (χ0n) is 15.6. The fourth-order valence-corrected chi connectivity index (χ4v) is 3.12. The molecule has 2 aromatic rings. The predicted octanol–water partition coefficient (Wildman–Crippen LogP) is 3.00. The number of phenols is 1. The Morgan fingerprint density at radius 1 is 1.07 bits per heavy atom. The standard InChI is InChI=1S/C22H27N3O2/c1-2-18-22(24)21(13-19(25-18)17-5-3-4-6-20(17)26)27-12-11-15-7-9-16(14-23)10-8-15/h3-10,13,18,25-26H,2,11-12,14,23-24H2,1H3. The average molecular weight is 365 g/mol. The van der Waals surface area contributed by atoms with Crippen molar-refractivity contribution in [3.05, 3.63) is 82.8 Å². The maximum Gasteiger partial charge on any atom is 0.142 e. The van der Waals surface area contributed by atoms with Crippen LogP contribution in [0.1, 0.15) is 30.0 Å². The molecule has 6 N–H and O–H groups in total. The van der Waals surface area contributed by atoms with Gasteiger partial charge in [-0.25, -0.2) is 0 Å². The number of ether oxygens (including phenoxy) is 1. The van der Waals surface area contributed by atoms with Gasteiger partial charge in [-0.1, -0.05) is 43.3 Å². The molecule has 0 fully saturated rings. The minimum Gasteiger partial charge on any atom is -0.507 e. The van der Waals surface area contributed by atoms with Gasteiger partial charge in [-0.2, -0.15) is 0 Å². The highest BCUT2D eigenvalue weighted by Crippen LogP contribution is 2.29. The summed E-state index contributed by atoms with van der Waals surface area (Å²) >= 11 is 0. The SMILES string of the molecule is CCC1NC(c2ccccc2O)=CC(OCCc2ccc(CN)cc2)=C1N. The molecule has 0 spiro atoms. The van der Waals surface area contributed by atoms with E-state index in [0.29, 0.717) is 24.6 Å². The van der Waals surface area contributed by atoms with Gasteiger partial charge in [0.1, 0.15) is 11.5 Å². The number of phenolic OH excluding ortho intramolecular Hbond substituents is 1. The van der Waals surface area contributed by atoms with Crippen LogP contribution in [-0.4, -0.2) is 17.8 Å². The van der Waals surface area contributed by atoms with Crippen LogP contribution in [0.4, 0.5) is 0 Å². The number of dihydropyridines is 1. The van der Waals surface area contributed by atoms with Crippen LogP contribution in [0.5, 0.6) is 5.75 Å². The molecule has 3 rings (SSSR count). The van der Waals surface area contributed by atoms with Crippen LogP contribution in [0.3, 0.4) is 0 Å². The molecule has 5 nitrogen and oxygen atoms in total. The summed E-state index contributed by atoms with van der Waals surface area (Å²) in [5, 5.41) is 13.6. The van der Waals surface area contributed by atoms with E-state index in [9.17, 15) is 5.11 Å². The Morgan fingerprint density at radius 2 is 1.78 bits per heavy atom. The lowest BCUT2D eigenvalue weighted by molar-refractivity contribution is 0.220. The molecule has 1 heterocycles. The van der Waals surface area contributed by atoms with Crippen LogP contribution >= 0.6 is 0 Å². The van der Waals surface area contributed by atoms with Crippen molar-refractivity contribution in [2.75, 3.05) is 6.61 Å². The number of nitrogens with one attached hydrogen (secondary N) is 1. The lowest BCUT2D eigenvalue weighted by Gasteiger charge is -2.28. The molecule has 0 bridgehead atoms. The summed E-state index contributed by atoms with van der Waals surface area (Å²) < 4.78 is 6.01. The number of aromatic hydroxyl groups is 1. The zero-order chi connectivity index (χ0) is 19.2. The molecular formula is C22H27N3O2. The Labute approximate surface area is 160 Å². The van der Waals surface area contributed by atoms with Gasteiger partial charge in [-0.15, -0.1) is 0 Å². The molecule has 0 aromatic heterocycles. The Kier molecular flexibility index (Phi) is 6.04. The lowest BCUT2D eigenvalue weighted by atomic mass is 10.0. The lowest BCUT2D eigenvalue weighted by Crippen LogP contribution is -2.36. The first-order valence-corrected chi connectivity index (χ1v) is 9.29. The van der Waals surface area contributed by atoms with Crippen molar-refractivity contribution < 1.29 is 9.84 Å². The van der Waals surface area contributed by atoms with E-state index >= 15 is 0 Å². The van der Waals surface area contributed by atoms with Crippen LogP contribution in [0, 0.1) is 0 Å². The molecule has 27 heavy (non-hydrogen) atoms. The molecule has 1 unspecified atom stereocenters. The van der Waals surface area contributed by atoms with Crippen LogP contribution in [0.15, 0.2) is 66.1 Å². The third-order valence-corrected chi connectivity index (χ3v) is 4.77. The molecular weight excluding hydrogens is 338 g/mol. The number of nitrogens with two attached hydrogens (primary N) is 2. The molecule has 1 aliphatic rings. The van der Waals surface area contributed by atoms with Gasteiger partial charge in [-0.3, -0.25) is 0 Å². The minimum atomic E-state index is -0.0246. The smallest absolute Gasteiger partial charge is 0.142 e. The quantitative estimate of drug-likeness (QED) is 0.605. The van der Waals surface area contributed by atoms with Gasteiger partial charge in [0.2, 0.25) is 0 Å². The first kappa shape index (κ1) is 18.9. The third-order valence-electron chi connectivity index (χ3n) is 4.77. The van der Waals surface area contributed by atoms with E-state index in [-0.39, 0.29) is 11.8 Å². The van der Waals surface area contributed by atoms with Crippen molar-refractivity contribution in [2.45, 2.75) is 32.4 Å². The minimum absolute atomic E-state index is 0.0246. The zero-order valence-corrected chi connectivity index (χ0v) is 15.6. The monoisotopic (exact) mass is 365 g/mol. The second kappa shape index (κ2) is 8.64. The Hall–Kier alpha value is -2.92. The Bertz CT molecular complexity index is 841. The molecule has 0 saturated heterocycles. The molecule has 2 aromatic carbocycles. The maximum atomic E-state index is 10.2. The van der Waals surface area contributed by atoms with Gasteiger partial charge in [-0.05, 0) is 29.7 Å². The van der Waals surface area contributed by atoms with Gasteiger partial charge < -0.3 is 26.6 Å². The number of para-hydroxylation sites is 1. The topological polar surface area (TPSA) is 93.5 Å².